The van der Waals surface area contributed by atoms with Crippen LogP contribution in [0.2, 0.25) is 0 Å². The van der Waals surface area contributed by atoms with Gasteiger partial charge in [0.1, 0.15) is 19.7 Å². The van der Waals surface area contributed by atoms with Gasteiger partial charge >= 0.3 is 0 Å². The Bertz CT molecular complexity index is 476. The van der Waals surface area contributed by atoms with Gasteiger partial charge in [-0.25, -0.2) is 16.8 Å². The molecule has 0 aliphatic heterocycles. The molecule has 0 unspecified atom stereocenters. The Kier molecular flexibility index (Phi) is 16.8. The lowest BCUT2D eigenvalue weighted by molar-refractivity contribution is 0.576. The molecule has 27 heavy (non-hydrogen) atoms. The van der Waals surface area contributed by atoms with Crippen molar-refractivity contribution in [1.82, 2.24) is 0 Å². The minimum atomic E-state index is -2.97. The van der Waals surface area contributed by atoms with Crippen molar-refractivity contribution in [2.45, 2.75) is 110 Å². The molecule has 6 heteroatoms. The molecule has 0 aliphatic carbocycles. The van der Waals surface area contributed by atoms with Crippen LogP contribution in [0, 0.1) is 0 Å². The van der Waals surface area contributed by atoms with E-state index in [1.807, 2.05) is 0 Å². The molecular formula is C21H44O4S2. The largest absolute Gasteiger partial charge is 0.229 e. The molecule has 164 valence electrons. The minimum absolute atomic E-state index is 0.208. The molecule has 0 heterocycles. The van der Waals surface area contributed by atoms with Gasteiger partial charge in [0.25, 0.3) is 0 Å². The fraction of sp³-hybridized carbons (Fsp3) is 1.00. The van der Waals surface area contributed by atoms with E-state index in [1.54, 1.807) is 0 Å². The maximum atomic E-state index is 12.0. The molecule has 0 amide bonds. The molecule has 0 saturated carbocycles. The monoisotopic (exact) mass is 424 g/mol. The Labute approximate surface area is 169 Å². The van der Waals surface area contributed by atoms with Crippen LogP contribution in [0.25, 0.3) is 0 Å². The fourth-order valence-electron chi connectivity index (χ4n) is 3.23. The van der Waals surface area contributed by atoms with Gasteiger partial charge in [0.2, 0.25) is 0 Å². The number of rotatable bonds is 20. The van der Waals surface area contributed by atoms with Crippen molar-refractivity contribution < 1.29 is 16.8 Å². The van der Waals surface area contributed by atoms with E-state index in [2.05, 4.69) is 13.8 Å². The predicted octanol–water partition coefficient (Wildman–Crippen LogP) is 5.71. The summed E-state index contributed by atoms with van der Waals surface area (Å²) in [5.41, 5.74) is 0. The first kappa shape index (κ1) is 26.9. The van der Waals surface area contributed by atoms with Gasteiger partial charge in [-0.05, 0) is 25.7 Å². The van der Waals surface area contributed by atoms with E-state index in [9.17, 15) is 16.8 Å². The zero-order valence-electron chi connectivity index (χ0n) is 17.9. The molecule has 0 fully saturated rings. The van der Waals surface area contributed by atoms with Crippen LogP contribution >= 0.6 is 0 Å². The first-order chi connectivity index (χ1) is 12.8. The summed E-state index contributed by atoms with van der Waals surface area (Å²) in [7, 11) is -5.93. The SMILES string of the molecule is CCCCCCCCS(=O)(=O)CCCCCS(=O)(=O)CCCCCCCC. The Morgan fingerprint density at radius 2 is 0.593 bits per heavy atom. The highest BCUT2D eigenvalue weighted by molar-refractivity contribution is 7.91. The summed E-state index contributed by atoms with van der Waals surface area (Å²) in [5, 5.41) is 0. The third-order valence-electron chi connectivity index (χ3n) is 5.03. The molecule has 0 aromatic rings. The lowest BCUT2D eigenvalue weighted by Crippen LogP contribution is -2.13. The summed E-state index contributed by atoms with van der Waals surface area (Å²) in [6.45, 7) is 4.34. The van der Waals surface area contributed by atoms with E-state index in [-0.39, 0.29) is 23.0 Å². The smallest absolute Gasteiger partial charge is 0.150 e. The Hall–Kier alpha value is -0.100. The molecule has 0 saturated heterocycles. The van der Waals surface area contributed by atoms with Crippen molar-refractivity contribution in [3.05, 3.63) is 0 Å². The molecule has 0 spiro atoms. The fourth-order valence-corrected chi connectivity index (χ4v) is 6.21. The normalized spacial score (nSPS) is 12.5. The zero-order chi connectivity index (χ0) is 20.4. The van der Waals surface area contributed by atoms with Crippen LogP contribution in [0.4, 0.5) is 0 Å². The van der Waals surface area contributed by atoms with E-state index in [4.69, 9.17) is 0 Å². The second kappa shape index (κ2) is 16.8. The lowest BCUT2D eigenvalue weighted by atomic mass is 10.1. The summed E-state index contributed by atoms with van der Waals surface area (Å²) < 4.78 is 48.0. The number of unbranched alkanes of at least 4 members (excludes halogenated alkanes) is 12. The second-order valence-electron chi connectivity index (χ2n) is 7.90. The highest BCUT2D eigenvalue weighted by Gasteiger charge is 2.12. The van der Waals surface area contributed by atoms with Crippen LogP contribution in [-0.2, 0) is 19.7 Å². The molecular weight excluding hydrogens is 380 g/mol. The first-order valence-corrected chi connectivity index (χ1v) is 14.9. The van der Waals surface area contributed by atoms with Crippen molar-refractivity contribution in [1.29, 1.82) is 0 Å². The maximum absolute atomic E-state index is 12.0. The summed E-state index contributed by atoms with van der Waals surface area (Å²) in [6, 6.07) is 0. The van der Waals surface area contributed by atoms with Crippen LogP contribution in [0.3, 0.4) is 0 Å². The molecule has 0 rings (SSSR count). The van der Waals surface area contributed by atoms with Crippen LogP contribution in [0.15, 0.2) is 0 Å². The average molecular weight is 425 g/mol. The number of hydrogen-bond donors (Lipinski definition) is 0. The first-order valence-electron chi connectivity index (χ1n) is 11.2. The maximum Gasteiger partial charge on any atom is 0.150 e. The predicted molar refractivity (Wildman–Crippen MR) is 118 cm³/mol. The van der Waals surface area contributed by atoms with Crippen molar-refractivity contribution in [3.63, 3.8) is 0 Å². The molecule has 0 aliphatic rings. The van der Waals surface area contributed by atoms with Gasteiger partial charge in [-0.1, -0.05) is 84.5 Å². The number of sulfone groups is 2. The summed E-state index contributed by atoms with van der Waals surface area (Å²) >= 11 is 0. The molecule has 0 radical (unpaired) electrons. The third kappa shape index (κ3) is 19.0. The van der Waals surface area contributed by atoms with E-state index < -0.39 is 19.7 Å². The highest BCUT2D eigenvalue weighted by Crippen LogP contribution is 2.10. The van der Waals surface area contributed by atoms with Crippen LogP contribution in [0.5, 0.6) is 0 Å². The quantitative estimate of drug-likeness (QED) is 0.235. The summed E-state index contributed by atoms with van der Waals surface area (Å²) in [4.78, 5) is 0. The standard InChI is InChI=1S/C21H44O4S2/c1-3-5-7-9-11-14-18-26(22,23)20-16-13-17-21-27(24,25)19-15-12-10-8-6-4-2/h3-21H2,1-2H3. The van der Waals surface area contributed by atoms with E-state index in [0.29, 0.717) is 19.3 Å². The van der Waals surface area contributed by atoms with Gasteiger partial charge in [-0.15, -0.1) is 0 Å². The van der Waals surface area contributed by atoms with Gasteiger partial charge in [0, 0.05) is 0 Å². The van der Waals surface area contributed by atoms with E-state index in [1.165, 1.54) is 38.5 Å². The molecule has 0 bridgehead atoms. The topological polar surface area (TPSA) is 68.3 Å². The minimum Gasteiger partial charge on any atom is -0.229 e. The van der Waals surface area contributed by atoms with Crippen LogP contribution in [0.1, 0.15) is 110 Å². The van der Waals surface area contributed by atoms with Gasteiger partial charge in [-0.2, -0.15) is 0 Å². The van der Waals surface area contributed by atoms with Gasteiger partial charge in [-0.3, -0.25) is 0 Å². The molecule has 4 nitrogen and oxygen atoms in total. The third-order valence-corrected chi connectivity index (χ3v) is 8.67. The van der Waals surface area contributed by atoms with Gasteiger partial charge < -0.3 is 0 Å². The van der Waals surface area contributed by atoms with Crippen molar-refractivity contribution >= 4 is 19.7 Å². The lowest BCUT2D eigenvalue weighted by Gasteiger charge is -2.06. The Morgan fingerprint density at radius 3 is 0.889 bits per heavy atom. The van der Waals surface area contributed by atoms with Crippen LogP contribution in [-0.4, -0.2) is 39.8 Å². The average Bonchev–Trinajstić information content (AvgIpc) is 2.60. The van der Waals surface area contributed by atoms with Crippen molar-refractivity contribution in [2.24, 2.45) is 0 Å². The second-order valence-corrected chi connectivity index (χ2v) is 12.5. The molecule has 0 aromatic heterocycles. The van der Waals surface area contributed by atoms with Gasteiger partial charge in [0.05, 0.1) is 23.0 Å². The number of hydrogen-bond acceptors (Lipinski definition) is 4. The van der Waals surface area contributed by atoms with Crippen molar-refractivity contribution in [2.75, 3.05) is 23.0 Å². The van der Waals surface area contributed by atoms with Crippen LogP contribution < -0.4 is 0 Å². The Balaban J connectivity index is 3.69. The highest BCUT2D eigenvalue weighted by atomic mass is 32.2. The molecule has 0 aromatic carbocycles. The summed E-state index contributed by atoms with van der Waals surface area (Å²) in [5.74, 6) is 0.990. The van der Waals surface area contributed by atoms with Gasteiger partial charge in [0.15, 0.2) is 0 Å². The van der Waals surface area contributed by atoms with E-state index >= 15 is 0 Å². The van der Waals surface area contributed by atoms with E-state index in [0.717, 1.165) is 38.5 Å². The zero-order valence-corrected chi connectivity index (χ0v) is 19.5. The summed E-state index contributed by atoms with van der Waals surface area (Å²) in [6.07, 6.45) is 14.9. The molecule has 0 N–H and O–H groups in total. The Morgan fingerprint density at radius 1 is 0.370 bits per heavy atom. The molecule has 0 atom stereocenters. The van der Waals surface area contributed by atoms with Crippen molar-refractivity contribution in [3.8, 4) is 0 Å².